The summed E-state index contributed by atoms with van der Waals surface area (Å²) < 4.78 is 5.59. The third kappa shape index (κ3) is 3.40. The lowest BCUT2D eigenvalue weighted by molar-refractivity contribution is -0.115. The standard InChI is InChI=1S/C15H12ClN3O2S/c1-9(14(20)19-13-7-6-10(16)8-17-13)22-15-18-11-4-2-3-5-12(11)21-15/h2-9H,1H3,(H,17,19,20)/t9-/m1/s1. The molecule has 3 rings (SSSR count). The van der Waals surface area contributed by atoms with Gasteiger partial charge in [0, 0.05) is 6.20 Å². The Bertz CT molecular complexity index is 771. The molecule has 7 heteroatoms. The number of aromatic nitrogens is 2. The number of para-hydroxylation sites is 2. The molecule has 0 aliphatic heterocycles. The molecule has 0 fully saturated rings. The zero-order valence-electron chi connectivity index (χ0n) is 11.6. The summed E-state index contributed by atoms with van der Waals surface area (Å²) in [5.74, 6) is 0.279. The van der Waals surface area contributed by atoms with Crippen molar-refractivity contribution in [1.29, 1.82) is 0 Å². The number of amides is 1. The molecule has 0 aliphatic carbocycles. The number of fused-ring (bicyclic) bond motifs is 1. The number of hydrogen-bond donors (Lipinski definition) is 1. The number of carbonyl (C=O) groups is 1. The second-order valence-corrected chi connectivity index (χ2v) is 6.29. The predicted octanol–water partition coefficient (Wildman–Crippen LogP) is 4.00. The van der Waals surface area contributed by atoms with Gasteiger partial charge in [0.2, 0.25) is 5.91 Å². The minimum atomic E-state index is -0.370. The van der Waals surface area contributed by atoms with Crippen LogP contribution in [-0.2, 0) is 4.79 Å². The van der Waals surface area contributed by atoms with E-state index in [1.165, 1.54) is 18.0 Å². The van der Waals surface area contributed by atoms with E-state index in [-0.39, 0.29) is 11.2 Å². The lowest BCUT2D eigenvalue weighted by Gasteiger charge is -2.09. The van der Waals surface area contributed by atoms with Crippen LogP contribution in [0.25, 0.3) is 11.1 Å². The van der Waals surface area contributed by atoms with E-state index < -0.39 is 0 Å². The molecule has 0 bridgehead atoms. The number of anilines is 1. The van der Waals surface area contributed by atoms with Crippen molar-refractivity contribution in [2.75, 3.05) is 5.32 Å². The predicted molar refractivity (Wildman–Crippen MR) is 87.2 cm³/mol. The number of oxazole rings is 1. The summed E-state index contributed by atoms with van der Waals surface area (Å²) in [6.07, 6.45) is 1.48. The molecule has 1 aromatic carbocycles. The van der Waals surface area contributed by atoms with E-state index in [2.05, 4.69) is 15.3 Å². The van der Waals surface area contributed by atoms with Crippen LogP contribution in [0.15, 0.2) is 52.2 Å². The minimum absolute atomic E-state index is 0.179. The highest BCUT2D eigenvalue weighted by atomic mass is 35.5. The number of halogens is 1. The molecule has 2 aromatic heterocycles. The zero-order chi connectivity index (χ0) is 15.5. The molecule has 0 aliphatic rings. The van der Waals surface area contributed by atoms with Gasteiger partial charge in [0.05, 0.1) is 10.3 Å². The van der Waals surface area contributed by atoms with Crippen molar-refractivity contribution >= 4 is 46.2 Å². The molecule has 112 valence electrons. The summed E-state index contributed by atoms with van der Waals surface area (Å²) >= 11 is 7.01. The van der Waals surface area contributed by atoms with Crippen molar-refractivity contribution in [2.45, 2.75) is 17.4 Å². The Hall–Kier alpha value is -2.05. The highest BCUT2D eigenvalue weighted by Crippen LogP contribution is 2.27. The molecule has 2 heterocycles. The van der Waals surface area contributed by atoms with Gasteiger partial charge in [-0.05, 0) is 31.2 Å². The van der Waals surface area contributed by atoms with Crippen molar-refractivity contribution < 1.29 is 9.21 Å². The van der Waals surface area contributed by atoms with Gasteiger partial charge in [0.25, 0.3) is 5.22 Å². The van der Waals surface area contributed by atoms with Crippen molar-refractivity contribution in [3.8, 4) is 0 Å². The molecule has 0 saturated carbocycles. The second-order valence-electron chi connectivity index (χ2n) is 4.56. The van der Waals surface area contributed by atoms with Crippen molar-refractivity contribution in [2.24, 2.45) is 0 Å². The van der Waals surface area contributed by atoms with E-state index >= 15 is 0 Å². The molecule has 1 atom stereocenters. The number of hydrogen-bond acceptors (Lipinski definition) is 5. The Labute approximate surface area is 136 Å². The maximum atomic E-state index is 12.1. The Morgan fingerprint density at radius 2 is 2.14 bits per heavy atom. The topological polar surface area (TPSA) is 68.0 Å². The van der Waals surface area contributed by atoms with Crippen molar-refractivity contribution in [3.05, 3.63) is 47.6 Å². The minimum Gasteiger partial charge on any atom is -0.431 e. The fraction of sp³-hybridized carbons (Fsp3) is 0.133. The van der Waals surface area contributed by atoms with E-state index in [1.54, 1.807) is 19.1 Å². The van der Waals surface area contributed by atoms with Gasteiger partial charge in [0.15, 0.2) is 5.58 Å². The summed E-state index contributed by atoms with van der Waals surface area (Å²) in [6, 6.07) is 10.8. The monoisotopic (exact) mass is 333 g/mol. The van der Waals surface area contributed by atoms with E-state index in [1.807, 2.05) is 24.3 Å². The normalized spacial score (nSPS) is 12.3. The maximum Gasteiger partial charge on any atom is 0.257 e. The van der Waals surface area contributed by atoms with Gasteiger partial charge in [-0.15, -0.1) is 0 Å². The maximum absolute atomic E-state index is 12.1. The summed E-state index contributed by atoms with van der Waals surface area (Å²) in [4.78, 5) is 20.5. The molecule has 22 heavy (non-hydrogen) atoms. The number of pyridine rings is 1. The lowest BCUT2D eigenvalue weighted by Crippen LogP contribution is -2.22. The molecule has 0 radical (unpaired) electrons. The Morgan fingerprint density at radius 1 is 1.32 bits per heavy atom. The molecular formula is C15H12ClN3O2S. The average molecular weight is 334 g/mol. The van der Waals surface area contributed by atoms with E-state index in [4.69, 9.17) is 16.0 Å². The third-order valence-corrected chi connectivity index (χ3v) is 4.07. The van der Waals surface area contributed by atoms with Gasteiger partial charge in [-0.3, -0.25) is 4.79 Å². The number of nitrogens with zero attached hydrogens (tertiary/aromatic N) is 2. The number of carbonyl (C=O) groups excluding carboxylic acids is 1. The molecule has 1 N–H and O–H groups in total. The van der Waals surface area contributed by atoms with E-state index in [0.717, 1.165) is 5.52 Å². The first-order valence-electron chi connectivity index (χ1n) is 6.56. The molecule has 0 unspecified atom stereocenters. The van der Waals surface area contributed by atoms with E-state index in [0.29, 0.717) is 21.6 Å². The van der Waals surface area contributed by atoms with Gasteiger partial charge >= 0.3 is 0 Å². The highest BCUT2D eigenvalue weighted by Gasteiger charge is 2.18. The molecule has 5 nitrogen and oxygen atoms in total. The summed E-state index contributed by atoms with van der Waals surface area (Å²) in [5.41, 5.74) is 1.48. The first-order valence-corrected chi connectivity index (χ1v) is 7.82. The molecule has 0 spiro atoms. The second kappa shape index (κ2) is 6.37. The highest BCUT2D eigenvalue weighted by molar-refractivity contribution is 8.00. The SMILES string of the molecule is C[C@@H](Sc1nc2ccccc2o1)C(=O)Nc1ccc(Cl)cn1. The quantitative estimate of drug-likeness (QED) is 0.731. The fourth-order valence-electron chi connectivity index (χ4n) is 1.78. The first-order chi connectivity index (χ1) is 10.6. The molecule has 1 amide bonds. The van der Waals surface area contributed by atoms with Crippen LogP contribution >= 0.6 is 23.4 Å². The molecular weight excluding hydrogens is 322 g/mol. The first kappa shape index (κ1) is 14.9. The van der Waals surface area contributed by atoms with Crippen LogP contribution in [0.1, 0.15) is 6.92 Å². The van der Waals surface area contributed by atoms with Crippen LogP contribution in [-0.4, -0.2) is 21.1 Å². The third-order valence-electron chi connectivity index (χ3n) is 2.90. The largest absolute Gasteiger partial charge is 0.431 e. The van der Waals surface area contributed by atoms with Crippen LogP contribution in [0.2, 0.25) is 5.02 Å². The Balaban J connectivity index is 1.66. The van der Waals surface area contributed by atoms with Crippen LogP contribution in [0, 0.1) is 0 Å². The van der Waals surface area contributed by atoms with Crippen molar-refractivity contribution in [1.82, 2.24) is 9.97 Å². The van der Waals surface area contributed by atoms with Crippen LogP contribution in [0.4, 0.5) is 5.82 Å². The van der Waals surface area contributed by atoms with Gasteiger partial charge in [0.1, 0.15) is 11.3 Å². The van der Waals surface area contributed by atoms with Crippen LogP contribution in [0.3, 0.4) is 0 Å². The van der Waals surface area contributed by atoms with E-state index in [9.17, 15) is 4.79 Å². The van der Waals surface area contributed by atoms with Crippen LogP contribution < -0.4 is 5.32 Å². The van der Waals surface area contributed by atoms with Crippen LogP contribution in [0.5, 0.6) is 0 Å². The fourth-order valence-corrected chi connectivity index (χ4v) is 2.65. The Morgan fingerprint density at radius 3 is 2.86 bits per heavy atom. The number of thioether (sulfide) groups is 1. The zero-order valence-corrected chi connectivity index (χ0v) is 13.2. The smallest absolute Gasteiger partial charge is 0.257 e. The Kier molecular flexibility index (Phi) is 4.31. The number of nitrogens with one attached hydrogen (secondary N) is 1. The summed E-state index contributed by atoms with van der Waals surface area (Å²) in [5, 5.41) is 3.34. The summed E-state index contributed by atoms with van der Waals surface area (Å²) in [7, 11) is 0. The summed E-state index contributed by atoms with van der Waals surface area (Å²) in [6.45, 7) is 1.78. The number of rotatable bonds is 4. The van der Waals surface area contributed by atoms with Gasteiger partial charge in [-0.1, -0.05) is 35.5 Å². The van der Waals surface area contributed by atoms with Crippen molar-refractivity contribution in [3.63, 3.8) is 0 Å². The average Bonchev–Trinajstić information content (AvgIpc) is 2.91. The lowest BCUT2D eigenvalue weighted by atomic mass is 10.3. The van der Waals surface area contributed by atoms with Gasteiger partial charge in [-0.2, -0.15) is 0 Å². The number of benzene rings is 1. The van der Waals surface area contributed by atoms with Gasteiger partial charge in [-0.25, -0.2) is 9.97 Å². The molecule has 3 aromatic rings. The van der Waals surface area contributed by atoms with Gasteiger partial charge < -0.3 is 9.73 Å². The molecule has 0 saturated heterocycles.